The maximum atomic E-state index is 12.3. The van der Waals surface area contributed by atoms with E-state index in [0.717, 1.165) is 16.8 Å². The number of imide groups is 1. The zero-order chi connectivity index (χ0) is 16.8. The van der Waals surface area contributed by atoms with Crippen molar-refractivity contribution in [2.75, 3.05) is 5.06 Å². The van der Waals surface area contributed by atoms with Crippen LogP contribution in [0.5, 0.6) is 0 Å². The molecular formula is C18H15ClN2O3. The first-order valence-electron chi connectivity index (χ1n) is 7.67. The van der Waals surface area contributed by atoms with Gasteiger partial charge in [-0.05, 0) is 36.8 Å². The van der Waals surface area contributed by atoms with Gasteiger partial charge in [0.15, 0.2) is 6.10 Å². The van der Waals surface area contributed by atoms with Crippen molar-refractivity contribution in [3.8, 4) is 0 Å². The molecule has 0 spiro atoms. The van der Waals surface area contributed by atoms with Crippen molar-refractivity contribution in [2.45, 2.75) is 19.1 Å². The van der Waals surface area contributed by atoms with E-state index in [2.05, 4.69) is 5.32 Å². The molecule has 24 heavy (non-hydrogen) atoms. The lowest BCUT2D eigenvalue weighted by Crippen LogP contribution is -2.33. The minimum atomic E-state index is -0.806. The van der Waals surface area contributed by atoms with E-state index in [1.807, 2.05) is 43.3 Å². The second kappa shape index (κ2) is 5.61. The zero-order valence-corrected chi connectivity index (χ0v) is 13.7. The average Bonchev–Trinajstić information content (AvgIpc) is 3.08. The summed E-state index contributed by atoms with van der Waals surface area (Å²) >= 11 is 5.95. The number of rotatable bonds is 2. The van der Waals surface area contributed by atoms with Gasteiger partial charge in [0, 0.05) is 5.02 Å². The van der Waals surface area contributed by atoms with Crippen molar-refractivity contribution in [1.82, 2.24) is 5.32 Å². The summed E-state index contributed by atoms with van der Waals surface area (Å²) in [6, 6.07) is 14.7. The predicted molar refractivity (Wildman–Crippen MR) is 89.4 cm³/mol. The molecule has 2 aliphatic rings. The normalized spacial score (nSPS) is 25.8. The van der Waals surface area contributed by atoms with Gasteiger partial charge in [-0.1, -0.05) is 41.4 Å². The highest BCUT2D eigenvalue weighted by Gasteiger charge is 2.56. The quantitative estimate of drug-likeness (QED) is 0.853. The van der Waals surface area contributed by atoms with Crippen LogP contribution in [-0.4, -0.2) is 17.9 Å². The summed E-state index contributed by atoms with van der Waals surface area (Å²) in [5, 5.41) is 4.62. The van der Waals surface area contributed by atoms with Crippen LogP contribution >= 0.6 is 11.6 Å². The van der Waals surface area contributed by atoms with Gasteiger partial charge in [-0.2, -0.15) is 0 Å². The molecular weight excluding hydrogens is 328 g/mol. The lowest BCUT2D eigenvalue weighted by atomic mass is 9.90. The largest absolute Gasteiger partial charge is 0.294 e. The van der Waals surface area contributed by atoms with Crippen LogP contribution in [0.4, 0.5) is 5.69 Å². The van der Waals surface area contributed by atoms with Gasteiger partial charge in [-0.15, -0.1) is 0 Å². The molecule has 0 radical (unpaired) electrons. The van der Waals surface area contributed by atoms with Crippen LogP contribution in [0.1, 0.15) is 17.2 Å². The second-order valence-electron chi connectivity index (χ2n) is 6.06. The third-order valence-corrected chi connectivity index (χ3v) is 4.71. The molecule has 2 saturated heterocycles. The molecule has 2 aromatic carbocycles. The van der Waals surface area contributed by atoms with Crippen molar-refractivity contribution >= 4 is 29.1 Å². The third-order valence-electron chi connectivity index (χ3n) is 4.45. The Morgan fingerprint density at radius 1 is 1.00 bits per heavy atom. The number of hydrogen-bond donors (Lipinski definition) is 1. The van der Waals surface area contributed by atoms with Crippen LogP contribution in [0.25, 0.3) is 0 Å². The van der Waals surface area contributed by atoms with Gasteiger partial charge in [-0.25, -0.2) is 5.06 Å². The minimum absolute atomic E-state index is 0.299. The second-order valence-corrected chi connectivity index (χ2v) is 6.50. The highest BCUT2D eigenvalue weighted by atomic mass is 35.5. The van der Waals surface area contributed by atoms with Crippen LogP contribution in [-0.2, 0) is 14.4 Å². The molecule has 3 atom stereocenters. The topological polar surface area (TPSA) is 58.6 Å². The minimum Gasteiger partial charge on any atom is -0.294 e. The van der Waals surface area contributed by atoms with Crippen LogP contribution in [0, 0.1) is 12.8 Å². The number of hydrogen-bond acceptors (Lipinski definition) is 4. The summed E-state index contributed by atoms with van der Waals surface area (Å²) in [4.78, 5) is 30.2. The Morgan fingerprint density at radius 2 is 1.67 bits per heavy atom. The van der Waals surface area contributed by atoms with Gasteiger partial charge in [0.25, 0.3) is 5.91 Å². The molecule has 2 aromatic rings. The molecule has 1 N–H and O–H groups in total. The first kappa shape index (κ1) is 15.2. The Hall–Kier alpha value is -2.37. The average molecular weight is 343 g/mol. The SMILES string of the molecule is Cc1ccc(C2C3C(=O)NC(=O)C3ON2c2ccc(Cl)cc2)cc1. The third kappa shape index (κ3) is 2.37. The number of fused-ring (bicyclic) bond motifs is 1. The number of benzene rings is 2. The number of carbonyl (C=O) groups excluding carboxylic acids is 2. The summed E-state index contributed by atoms with van der Waals surface area (Å²) in [7, 11) is 0. The molecule has 0 bridgehead atoms. The van der Waals surface area contributed by atoms with Gasteiger partial charge in [0.2, 0.25) is 5.91 Å². The van der Waals surface area contributed by atoms with Gasteiger partial charge in [0.05, 0.1) is 11.7 Å². The Labute approximate surface area is 144 Å². The molecule has 6 heteroatoms. The van der Waals surface area contributed by atoms with Crippen molar-refractivity contribution < 1.29 is 14.4 Å². The molecule has 2 aliphatic heterocycles. The Kier molecular flexibility index (Phi) is 3.55. The van der Waals surface area contributed by atoms with Crippen molar-refractivity contribution in [1.29, 1.82) is 0 Å². The molecule has 3 unspecified atom stereocenters. The van der Waals surface area contributed by atoms with Gasteiger partial charge in [-0.3, -0.25) is 19.7 Å². The first-order chi connectivity index (χ1) is 11.5. The molecule has 2 heterocycles. The highest BCUT2D eigenvalue weighted by molar-refractivity contribution is 6.30. The van der Waals surface area contributed by atoms with E-state index in [4.69, 9.17) is 16.4 Å². The standard InChI is InChI=1S/C18H15ClN2O3/c1-10-2-4-11(5-3-10)15-14-16(18(23)20-17(14)22)24-21(15)13-8-6-12(19)7-9-13/h2-9,14-16H,1H3,(H,20,22,23). The maximum absolute atomic E-state index is 12.3. The van der Waals surface area contributed by atoms with E-state index in [1.165, 1.54) is 0 Å². The fourth-order valence-corrected chi connectivity index (χ4v) is 3.37. The Morgan fingerprint density at radius 3 is 2.33 bits per heavy atom. The van der Waals surface area contributed by atoms with Crippen LogP contribution < -0.4 is 10.4 Å². The number of aryl methyl sites for hydroxylation is 1. The molecule has 122 valence electrons. The highest BCUT2D eigenvalue weighted by Crippen LogP contribution is 2.44. The first-order valence-corrected chi connectivity index (χ1v) is 8.05. The summed E-state index contributed by atoms with van der Waals surface area (Å²) in [5.41, 5.74) is 2.80. The zero-order valence-electron chi connectivity index (χ0n) is 12.9. The smallest absolute Gasteiger partial charge is 0.259 e. The van der Waals surface area contributed by atoms with Crippen LogP contribution in [0.2, 0.25) is 5.02 Å². The van der Waals surface area contributed by atoms with E-state index >= 15 is 0 Å². The van der Waals surface area contributed by atoms with E-state index in [0.29, 0.717) is 5.02 Å². The van der Waals surface area contributed by atoms with E-state index in [1.54, 1.807) is 17.2 Å². The van der Waals surface area contributed by atoms with Gasteiger partial charge >= 0.3 is 0 Å². The molecule has 2 fully saturated rings. The van der Waals surface area contributed by atoms with E-state index in [-0.39, 0.29) is 11.9 Å². The molecule has 0 aromatic heterocycles. The molecule has 0 aliphatic carbocycles. The summed E-state index contributed by atoms with van der Waals surface area (Å²) < 4.78 is 0. The molecule has 2 amide bonds. The van der Waals surface area contributed by atoms with Crippen molar-refractivity contribution in [2.24, 2.45) is 5.92 Å². The summed E-state index contributed by atoms with van der Waals surface area (Å²) in [5.74, 6) is -1.26. The van der Waals surface area contributed by atoms with Gasteiger partial charge < -0.3 is 0 Å². The van der Waals surface area contributed by atoms with E-state index < -0.39 is 17.9 Å². The Bertz CT molecular complexity index is 804. The van der Waals surface area contributed by atoms with Crippen molar-refractivity contribution in [3.05, 3.63) is 64.7 Å². The molecule has 0 saturated carbocycles. The Balaban J connectivity index is 1.79. The van der Waals surface area contributed by atoms with Crippen LogP contribution in [0.3, 0.4) is 0 Å². The number of anilines is 1. The number of carbonyl (C=O) groups is 2. The molecule has 5 nitrogen and oxygen atoms in total. The maximum Gasteiger partial charge on any atom is 0.259 e. The number of amides is 2. The number of hydroxylamine groups is 1. The summed E-state index contributed by atoms with van der Waals surface area (Å²) in [6.45, 7) is 2.00. The predicted octanol–water partition coefficient (Wildman–Crippen LogP) is 2.78. The van der Waals surface area contributed by atoms with Crippen molar-refractivity contribution in [3.63, 3.8) is 0 Å². The number of nitrogens with one attached hydrogen (secondary N) is 1. The van der Waals surface area contributed by atoms with E-state index in [9.17, 15) is 9.59 Å². The number of nitrogens with zero attached hydrogens (tertiary/aromatic N) is 1. The monoisotopic (exact) mass is 342 g/mol. The fraction of sp³-hybridized carbons (Fsp3) is 0.222. The van der Waals surface area contributed by atoms with Gasteiger partial charge in [0.1, 0.15) is 5.92 Å². The summed E-state index contributed by atoms with van der Waals surface area (Å²) in [6.07, 6.45) is -0.806. The van der Waals surface area contributed by atoms with Crippen LogP contribution in [0.15, 0.2) is 48.5 Å². The lowest BCUT2D eigenvalue weighted by molar-refractivity contribution is -0.129. The number of halogens is 1. The fourth-order valence-electron chi connectivity index (χ4n) is 3.25. The molecule has 4 rings (SSSR count). The lowest BCUT2D eigenvalue weighted by Gasteiger charge is -2.27.